The first-order valence-corrected chi connectivity index (χ1v) is 15.0. The molecule has 7 heteroatoms. The van der Waals surface area contributed by atoms with Gasteiger partial charge >= 0.3 is 0 Å². The van der Waals surface area contributed by atoms with Crippen LogP contribution in [0.2, 0.25) is 23.2 Å². The fourth-order valence-corrected chi connectivity index (χ4v) is 5.98. The fourth-order valence-electron chi connectivity index (χ4n) is 3.61. The molecule has 1 aliphatic heterocycles. The Morgan fingerprint density at radius 2 is 1.87 bits per heavy atom. The van der Waals surface area contributed by atoms with E-state index in [1.165, 1.54) is 0 Å². The summed E-state index contributed by atoms with van der Waals surface area (Å²) in [4.78, 5) is 2.05. The van der Waals surface area contributed by atoms with Gasteiger partial charge in [-0.25, -0.2) is 0 Å². The summed E-state index contributed by atoms with van der Waals surface area (Å²) < 4.78 is 17.7. The van der Waals surface area contributed by atoms with Crippen LogP contribution >= 0.6 is 22.9 Å². The third kappa shape index (κ3) is 5.61. The van der Waals surface area contributed by atoms with E-state index in [-0.39, 0.29) is 11.3 Å². The van der Waals surface area contributed by atoms with Crippen molar-refractivity contribution in [2.75, 3.05) is 19.8 Å². The summed E-state index contributed by atoms with van der Waals surface area (Å²) >= 11 is 7.91. The van der Waals surface area contributed by atoms with Gasteiger partial charge in [0, 0.05) is 22.1 Å². The monoisotopic (exact) mass is 482 g/mol. The Balaban J connectivity index is 1.85. The highest BCUT2D eigenvalue weighted by Gasteiger charge is 2.38. The molecule has 1 fully saturated rings. The maximum Gasteiger partial charge on any atom is 0.193 e. The minimum Gasteiger partial charge on any atom is -0.417 e. The van der Waals surface area contributed by atoms with Gasteiger partial charge < -0.3 is 19.0 Å². The van der Waals surface area contributed by atoms with Crippen LogP contribution in [-0.4, -0.2) is 33.2 Å². The maximum atomic E-state index is 12.0. The molecule has 1 unspecified atom stereocenters. The van der Waals surface area contributed by atoms with Gasteiger partial charge in [0.1, 0.15) is 5.60 Å². The van der Waals surface area contributed by atoms with Crippen molar-refractivity contribution in [2.45, 2.75) is 70.6 Å². The first-order valence-electron chi connectivity index (χ1n) is 10.9. The minimum absolute atomic E-state index is 0.163. The quantitative estimate of drug-likeness (QED) is 0.332. The van der Waals surface area contributed by atoms with Crippen LogP contribution in [0.25, 0.3) is 0 Å². The van der Waals surface area contributed by atoms with Crippen molar-refractivity contribution in [3.05, 3.63) is 56.2 Å². The first-order chi connectivity index (χ1) is 14.4. The van der Waals surface area contributed by atoms with E-state index in [1.807, 2.05) is 37.3 Å². The van der Waals surface area contributed by atoms with Crippen molar-refractivity contribution >= 4 is 31.3 Å². The molecule has 1 aromatic carbocycles. The SMILES string of the molecule is Cc1sc(C2OCCO2)cc1C(O)(CCCO[Si](C)(C)C(C)(C)C)c1cccc(Cl)c1. The number of hydrogen-bond donors (Lipinski definition) is 1. The second-order valence-electron chi connectivity index (χ2n) is 9.78. The van der Waals surface area contributed by atoms with Crippen molar-refractivity contribution in [1.82, 2.24) is 0 Å². The predicted molar refractivity (Wildman–Crippen MR) is 131 cm³/mol. The van der Waals surface area contributed by atoms with E-state index in [2.05, 4.69) is 33.9 Å². The number of hydrogen-bond acceptors (Lipinski definition) is 5. The number of rotatable bonds is 8. The average Bonchev–Trinajstić information content (AvgIpc) is 3.34. The summed E-state index contributed by atoms with van der Waals surface area (Å²) in [6.07, 6.45) is 0.949. The van der Waals surface area contributed by atoms with Gasteiger partial charge in [-0.1, -0.05) is 44.5 Å². The van der Waals surface area contributed by atoms with Crippen molar-refractivity contribution in [3.63, 3.8) is 0 Å². The van der Waals surface area contributed by atoms with Gasteiger partial charge in [-0.3, -0.25) is 0 Å². The number of thiophene rings is 1. The predicted octanol–water partition coefficient (Wildman–Crippen LogP) is 6.79. The molecule has 0 aliphatic carbocycles. The second-order valence-corrected chi connectivity index (χ2v) is 16.3. The summed E-state index contributed by atoms with van der Waals surface area (Å²) in [5, 5.41) is 12.8. The Bertz CT molecular complexity index is 886. The molecular weight excluding hydrogens is 448 g/mol. The van der Waals surface area contributed by atoms with Crippen LogP contribution in [0.4, 0.5) is 0 Å². The van der Waals surface area contributed by atoms with Gasteiger partial charge in [0.2, 0.25) is 0 Å². The molecule has 2 heterocycles. The van der Waals surface area contributed by atoms with E-state index in [1.54, 1.807) is 11.3 Å². The van der Waals surface area contributed by atoms with Crippen LogP contribution in [0.5, 0.6) is 0 Å². The van der Waals surface area contributed by atoms with Gasteiger partial charge in [-0.15, -0.1) is 11.3 Å². The van der Waals surface area contributed by atoms with E-state index in [0.29, 0.717) is 31.3 Å². The number of benzene rings is 1. The van der Waals surface area contributed by atoms with Gasteiger partial charge in [-0.05, 0) is 61.7 Å². The van der Waals surface area contributed by atoms with E-state index in [4.69, 9.17) is 25.5 Å². The average molecular weight is 483 g/mol. The Morgan fingerprint density at radius 1 is 1.19 bits per heavy atom. The molecule has 0 saturated carbocycles. The molecule has 31 heavy (non-hydrogen) atoms. The first kappa shape index (κ1) is 24.9. The Morgan fingerprint density at radius 3 is 2.48 bits per heavy atom. The van der Waals surface area contributed by atoms with E-state index in [0.717, 1.165) is 27.3 Å². The number of ether oxygens (including phenoxy) is 2. The van der Waals surface area contributed by atoms with Crippen LogP contribution < -0.4 is 0 Å². The second kappa shape index (κ2) is 9.63. The maximum absolute atomic E-state index is 12.0. The highest BCUT2D eigenvalue weighted by Crippen LogP contribution is 2.43. The third-order valence-corrected chi connectivity index (χ3v) is 12.3. The summed E-state index contributed by atoms with van der Waals surface area (Å²) in [5.74, 6) is 0. The smallest absolute Gasteiger partial charge is 0.193 e. The molecular formula is C24H35ClO4SSi. The molecule has 1 aromatic heterocycles. The third-order valence-electron chi connectivity index (χ3n) is 6.49. The molecule has 0 bridgehead atoms. The van der Waals surface area contributed by atoms with Crippen LogP contribution in [-0.2, 0) is 19.5 Å². The molecule has 0 spiro atoms. The van der Waals surface area contributed by atoms with Crippen molar-refractivity contribution in [1.29, 1.82) is 0 Å². The lowest BCUT2D eigenvalue weighted by atomic mass is 9.82. The Hall–Kier alpha value is -0.733. The Labute approximate surface area is 196 Å². The molecule has 3 rings (SSSR count). The minimum atomic E-state index is -1.83. The molecule has 1 atom stereocenters. The number of aryl methyl sites for hydroxylation is 1. The van der Waals surface area contributed by atoms with Crippen molar-refractivity contribution < 1.29 is 19.0 Å². The van der Waals surface area contributed by atoms with Crippen LogP contribution in [0.1, 0.15) is 60.8 Å². The largest absolute Gasteiger partial charge is 0.417 e. The molecule has 1 saturated heterocycles. The lowest BCUT2D eigenvalue weighted by Gasteiger charge is -2.36. The zero-order valence-electron chi connectivity index (χ0n) is 19.5. The lowest BCUT2D eigenvalue weighted by Crippen LogP contribution is -2.41. The van der Waals surface area contributed by atoms with Crippen LogP contribution in [0.15, 0.2) is 30.3 Å². The van der Waals surface area contributed by atoms with Crippen molar-refractivity contribution in [2.24, 2.45) is 0 Å². The fraction of sp³-hybridized carbons (Fsp3) is 0.583. The number of halogens is 1. The van der Waals surface area contributed by atoms with Gasteiger partial charge in [0.25, 0.3) is 0 Å². The van der Waals surface area contributed by atoms with Crippen molar-refractivity contribution in [3.8, 4) is 0 Å². The standard InChI is InChI=1S/C24H35ClO4SSi/c1-17-20(16-21(30-17)22-27-13-14-28-22)24(26,18-9-7-10-19(25)15-18)11-8-12-29-31(5,6)23(2,3)4/h7,9-10,15-16,22,26H,8,11-14H2,1-6H3. The van der Waals surface area contributed by atoms with Gasteiger partial charge in [0.05, 0.1) is 18.1 Å². The summed E-state index contributed by atoms with van der Waals surface area (Å²) in [6, 6.07) is 9.56. The summed E-state index contributed by atoms with van der Waals surface area (Å²) in [7, 11) is -1.83. The number of aliphatic hydroxyl groups is 1. The summed E-state index contributed by atoms with van der Waals surface area (Å²) in [6.45, 7) is 15.1. The normalized spacial score (nSPS) is 17.8. The molecule has 1 aliphatic rings. The lowest BCUT2D eigenvalue weighted by molar-refractivity contribution is -0.0415. The van der Waals surface area contributed by atoms with Crippen LogP contribution in [0, 0.1) is 6.92 Å². The Kier molecular flexibility index (Phi) is 7.74. The molecule has 2 aromatic rings. The molecule has 0 radical (unpaired) electrons. The molecule has 0 amide bonds. The zero-order chi connectivity index (χ0) is 22.9. The highest BCUT2D eigenvalue weighted by molar-refractivity contribution is 7.12. The summed E-state index contributed by atoms with van der Waals surface area (Å²) in [5.41, 5.74) is 0.535. The molecule has 172 valence electrons. The highest BCUT2D eigenvalue weighted by atomic mass is 35.5. The molecule has 4 nitrogen and oxygen atoms in total. The van der Waals surface area contributed by atoms with E-state index in [9.17, 15) is 5.11 Å². The topological polar surface area (TPSA) is 47.9 Å². The van der Waals surface area contributed by atoms with Gasteiger partial charge in [0.15, 0.2) is 14.6 Å². The van der Waals surface area contributed by atoms with Gasteiger partial charge in [-0.2, -0.15) is 0 Å². The van der Waals surface area contributed by atoms with E-state index >= 15 is 0 Å². The zero-order valence-corrected chi connectivity index (χ0v) is 22.0. The van der Waals surface area contributed by atoms with E-state index < -0.39 is 13.9 Å². The van der Waals surface area contributed by atoms with Crippen LogP contribution in [0.3, 0.4) is 0 Å². The molecule has 1 N–H and O–H groups in total.